The molecule has 2 heteroatoms. The molecule has 0 aromatic heterocycles. The number of hydrogen-bond acceptors (Lipinski definition) is 1. The summed E-state index contributed by atoms with van der Waals surface area (Å²) in [6, 6.07) is 0. The van der Waals surface area contributed by atoms with Crippen molar-refractivity contribution in [2.24, 2.45) is 11.3 Å². The van der Waals surface area contributed by atoms with E-state index in [4.69, 9.17) is 0 Å². The van der Waals surface area contributed by atoms with E-state index < -0.39 is 0 Å². The molecule has 0 saturated heterocycles. The topological polar surface area (TPSA) is 17.1 Å². The summed E-state index contributed by atoms with van der Waals surface area (Å²) < 4.78 is 12.2. The van der Waals surface area contributed by atoms with Gasteiger partial charge in [0.15, 0.2) is 0 Å². The minimum absolute atomic E-state index is 0.313. The first-order valence-corrected chi connectivity index (χ1v) is 4.75. The van der Waals surface area contributed by atoms with Gasteiger partial charge in [-0.05, 0) is 25.2 Å². The standard InChI is InChI=1S/C10H17FO/c1-9-3-2-4-10(7-9,8-12)5-6-11/h8-9H,2-7H2,1H3. The molecule has 0 N–H and O–H groups in total. The highest BCUT2D eigenvalue weighted by atomic mass is 19.1. The van der Waals surface area contributed by atoms with Crippen LogP contribution in [-0.4, -0.2) is 13.0 Å². The molecule has 1 aliphatic rings. The van der Waals surface area contributed by atoms with Crippen LogP contribution in [0.5, 0.6) is 0 Å². The van der Waals surface area contributed by atoms with E-state index in [1.54, 1.807) is 0 Å². The number of carbonyl (C=O) groups is 1. The van der Waals surface area contributed by atoms with Crippen molar-refractivity contribution in [3.8, 4) is 0 Å². The Labute approximate surface area is 73.3 Å². The van der Waals surface area contributed by atoms with E-state index in [0.29, 0.717) is 12.3 Å². The van der Waals surface area contributed by atoms with E-state index in [9.17, 15) is 9.18 Å². The van der Waals surface area contributed by atoms with E-state index >= 15 is 0 Å². The molecular weight excluding hydrogens is 155 g/mol. The average molecular weight is 172 g/mol. The van der Waals surface area contributed by atoms with Crippen molar-refractivity contribution in [3.63, 3.8) is 0 Å². The minimum atomic E-state index is -0.356. The van der Waals surface area contributed by atoms with Crippen LogP contribution in [0.4, 0.5) is 4.39 Å². The van der Waals surface area contributed by atoms with Crippen molar-refractivity contribution in [1.29, 1.82) is 0 Å². The zero-order valence-corrected chi connectivity index (χ0v) is 7.68. The Morgan fingerprint density at radius 3 is 2.92 bits per heavy atom. The lowest BCUT2D eigenvalue weighted by atomic mass is 9.69. The predicted octanol–water partition coefficient (Wildman–Crippen LogP) is 2.74. The van der Waals surface area contributed by atoms with Gasteiger partial charge in [-0.1, -0.05) is 19.8 Å². The molecule has 70 valence electrons. The Balaban J connectivity index is 2.57. The second-order valence-corrected chi connectivity index (χ2v) is 4.12. The van der Waals surface area contributed by atoms with Crippen LogP contribution >= 0.6 is 0 Å². The van der Waals surface area contributed by atoms with Gasteiger partial charge >= 0.3 is 0 Å². The molecule has 1 rings (SSSR count). The molecule has 0 aromatic carbocycles. The molecule has 2 atom stereocenters. The van der Waals surface area contributed by atoms with E-state index in [-0.39, 0.29) is 12.1 Å². The van der Waals surface area contributed by atoms with Crippen molar-refractivity contribution in [2.45, 2.75) is 39.0 Å². The molecule has 1 nitrogen and oxygen atoms in total. The Hall–Kier alpha value is -0.400. The first-order chi connectivity index (χ1) is 5.72. The molecule has 0 bridgehead atoms. The van der Waals surface area contributed by atoms with E-state index in [1.807, 2.05) is 0 Å². The van der Waals surface area contributed by atoms with Crippen molar-refractivity contribution in [1.82, 2.24) is 0 Å². The largest absolute Gasteiger partial charge is 0.303 e. The fraction of sp³-hybridized carbons (Fsp3) is 0.900. The van der Waals surface area contributed by atoms with Gasteiger partial charge in [0.05, 0.1) is 6.67 Å². The number of rotatable bonds is 3. The van der Waals surface area contributed by atoms with Gasteiger partial charge in [-0.25, -0.2) is 0 Å². The lowest BCUT2D eigenvalue weighted by Crippen LogP contribution is -2.29. The highest BCUT2D eigenvalue weighted by Crippen LogP contribution is 2.40. The second kappa shape index (κ2) is 4.01. The van der Waals surface area contributed by atoms with Crippen LogP contribution in [-0.2, 0) is 4.79 Å². The van der Waals surface area contributed by atoms with Crippen molar-refractivity contribution in [3.05, 3.63) is 0 Å². The summed E-state index contributed by atoms with van der Waals surface area (Å²) in [4.78, 5) is 10.9. The molecule has 0 spiro atoms. The minimum Gasteiger partial charge on any atom is -0.303 e. The van der Waals surface area contributed by atoms with Gasteiger partial charge in [0, 0.05) is 5.41 Å². The summed E-state index contributed by atoms with van der Waals surface area (Å²) in [5, 5.41) is 0. The average Bonchev–Trinajstić information content (AvgIpc) is 2.05. The van der Waals surface area contributed by atoms with E-state index in [0.717, 1.165) is 25.5 Å². The molecular formula is C10H17FO. The third-order valence-electron chi connectivity index (χ3n) is 2.97. The van der Waals surface area contributed by atoms with E-state index in [1.165, 1.54) is 6.42 Å². The van der Waals surface area contributed by atoms with Crippen LogP contribution in [0.1, 0.15) is 39.0 Å². The normalized spacial score (nSPS) is 36.3. The summed E-state index contributed by atoms with van der Waals surface area (Å²) >= 11 is 0. The first kappa shape index (κ1) is 9.69. The summed E-state index contributed by atoms with van der Waals surface area (Å²) in [7, 11) is 0. The van der Waals surface area contributed by atoms with Crippen LogP contribution in [0.15, 0.2) is 0 Å². The van der Waals surface area contributed by atoms with Crippen LogP contribution < -0.4 is 0 Å². The third-order valence-corrected chi connectivity index (χ3v) is 2.97. The highest BCUT2D eigenvalue weighted by Gasteiger charge is 2.34. The molecule has 1 saturated carbocycles. The quantitative estimate of drug-likeness (QED) is 0.598. The van der Waals surface area contributed by atoms with E-state index in [2.05, 4.69) is 6.92 Å². The Morgan fingerprint density at radius 1 is 1.67 bits per heavy atom. The van der Waals surface area contributed by atoms with Gasteiger partial charge in [-0.15, -0.1) is 0 Å². The fourth-order valence-electron chi connectivity index (χ4n) is 2.28. The number of aldehydes is 1. The Kier molecular flexibility index (Phi) is 3.24. The van der Waals surface area contributed by atoms with Crippen LogP contribution in [0.25, 0.3) is 0 Å². The molecule has 1 aliphatic carbocycles. The Morgan fingerprint density at radius 2 is 2.42 bits per heavy atom. The Bertz CT molecular complexity index is 154. The van der Waals surface area contributed by atoms with Gasteiger partial charge in [0.25, 0.3) is 0 Å². The SMILES string of the molecule is CC1CCCC(C=O)(CCF)C1. The van der Waals surface area contributed by atoms with Gasteiger partial charge in [-0.2, -0.15) is 0 Å². The molecule has 0 aromatic rings. The van der Waals surface area contributed by atoms with Crippen molar-refractivity contribution < 1.29 is 9.18 Å². The molecule has 2 unspecified atom stereocenters. The first-order valence-electron chi connectivity index (χ1n) is 4.75. The number of halogens is 1. The van der Waals surface area contributed by atoms with Crippen LogP contribution in [0.2, 0.25) is 0 Å². The maximum absolute atomic E-state index is 12.2. The van der Waals surface area contributed by atoms with Gasteiger partial charge < -0.3 is 4.79 Å². The smallest absolute Gasteiger partial charge is 0.126 e. The number of carbonyl (C=O) groups excluding carboxylic acids is 1. The van der Waals surface area contributed by atoms with Crippen molar-refractivity contribution >= 4 is 6.29 Å². The molecule has 1 fully saturated rings. The van der Waals surface area contributed by atoms with Gasteiger partial charge in [0.2, 0.25) is 0 Å². The lowest BCUT2D eigenvalue weighted by Gasteiger charge is -2.34. The van der Waals surface area contributed by atoms with Crippen molar-refractivity contribution in [2.75, 3.05) is 6.67 Å². The predicted molar refractivity (Wildman–Crippen MR) is 46.7 cm³/mol. The third kappa shape index (κ3) is 2.05. The summed E-state index contributed by atoms with van der Waals surface area (Å²) in [6.45, 7) is 1.79. The summed E-state index contributed by atoms with van der Waals surface area (Å²) in [6.07, 6.45) is 5.48. The molecule has 0 heterocycles. The second-order valence-electron chi connectivity index (χ2n) is 4.12. The zero-order chi connectivity index (χ0) is 9.03. The highest BCUT2D eigenvalue weighted by molar-refractivity contribution is 5.59. The number of alkyl halides is 1. The lowest BCUT2D eigenvalue weighted by molar-refractivity contribution is -0.119. The van der Waals surface area contributed by atoms with Crippen LogP contribution in [0.3, 0.4) is 0 Å². The summed E-state index contributed by atoms with van der Waals surface area (Å²) in [5.41, 5.74) is -0.313. The zero-order valence-electron chi connectivity index (χ0n) is 7.68. The van der Waals surface area contributed by atoms with Gasteiger partial charge in [0.1, 0.15) is 6.29 Å². The molecule has 0 aliphatic heterocycles. The van der Waals surface area contributed by atoms with Gasteiger partial charge in [-0.3, -0.25) is 4.39 Å². The molecule has 0 amide bonds. The fourth-order valence-corrected chi connectivity index (χ4v) is 2.28. The maximum atomic E-state index is 12.2. The monoisotopic (exact) mass is 172 g/mol. The molecule has 12 heavy (non-hydrogen) atoms. The maximum Gasteiger partial charge on any atom is 0.126 e. The van der Waals surface area contributed by atoms with Crippen LogP contribution in [0, 0.1) is 11.3 Å². The number of hydrogen-bond donors (Lipinski definition) is 0. The summed E-state index contributed by atoms with van der Waals surface area (Å²) in [5.74, 6) is 0.593. The molecule has 0 radical (unpaired) electrons.